The van der Waals surface area contributed by atoms with E-state index in [9.17, 15) is 14.4 Å². The van der Waals surface area contributed by atoms with Crippen molar-refractivity contribution in [1.82, 2.24) is 0 Å². The first-order valence-corrected chi connectivity index (χ1v) is 5.49. The van der Waals surface area contributed by atoms with Gasteiger partial charge in [0.05, 0.1) is 0 Å². The van der Waals surface area contributed by atoms with E-state index in [2.05, 4.69) is 0 Å². The summed E-state index contributed by atoms with van der Waals surface area (Å²) in [4.78, 5) is 32.7. The van der Waals surface area contributed by atoms with E-state index in [-0.39, 0.29) is 29.6 Å². The molecule has 0 amide bonds. The molecular formula is C12H18O4. The van der Waals surface area contributed by atoms with Crippen LogP contribution in [0.3, 0.4) is 0 Å². The minimum Gasteiger partial charge on any atom is -0.458 e. The summed E-state index contributed by atoms with van der Waals surface area (Å²) in [6, 6.07) is 0. The molecule has 90 valence electrons. The Morgan fingerprint density at radius 1 is 1.44 bits per heavy atom. The number of hydrogen-bond acceptors (Lipinski definition) is 4. The number of Topliss-reactive ketones (excluding diaryl/α,β-unsaturated/α-hetero) is 1. The number of ketones is 1. The van der Waals surface area contributed by atoms with E-state index in [1.807, 2.05) is 13.8 Å². The molecule has 1 aliphatic carbocycles. The van der Waals surface area contributed by atoms with E-state index in [1.54, 1.807) is 0 Å². The number of carbonyl (C=O) groups is 3. The lowest BCUT2D eigenvalue weighted by atomic mass is 9.53. The van der Waals surface area contributed by atoms with Crippen molar-refractivity contribution in [2.45, 2.75) is 33.6 Å². The van der Waals surface area contributed by atoms with Crippen LogP contribution in [0.4, 0.5) is 0 Å². The molecule has 1 aliphatic rings. The van der Waals surface area contributed by atoms with Crippen LogP contribution in [0.15, 0.2) is 0 Å². The summed E-state index contributed by atoms with van der Waals surface area (Å²) in [7, 11) is 0. The fraction of sp³-hybridized carbons (Fsp3) is 0.750. The molecular weight excluding hydrogens is 208 g/mol. The SMILES string of the molecule is CC(=O)OCC(=O)[C@@H]1C[C@H](CC=O)C1(C)C. The van der Waals surface area contributed by atoms with Gasteiger partial charge in [0.25, 0.3) is 0 Å². The Morgan fingerprint density at radius 2 is 2.06 bits per heavy atom. The molecule has 2 atom stereocenters. The summed E-state index contributed by atoms with van der Waals surface area (Å²) in [5, 5.41) is 0. The molecule has 0 aromatic heterocycles. The Hall–Kier alpha value is -1.19. The van der Waals surface area contributed by atoms with Crippen molar-refractivity contribution in [2.75, 3.05) is 6.61 Å². The van der Waals surface area contributed by atoms with Gasteiger partial charge in [0.1, 0.15) is 12.9 Å². The second-order valence-electron chi connectivity index (χ2n) is 4.96. The van der Waals surface area contributed by atoms with Crippen LogP contribution in [-0.4, -0.2) is 24.6 Å². The number of hydrogen-bond donors (Lipinski definition) is 0. The zero-order valence-electron chi connectivity index (χ0n) is 9.99. The molecule has 0 aliphatic heterocycles. The van der Waals surface area contributed by atoms with E-state index in [0.717, 1.165) is 12.7 Å². The van der Waals surface area contributed by atoms with Gasteiger partial charge in [-0.05, 0) is 17.8 Å². The highest BCUT2D eigenvalue weighted by Gasteiger charge is 2.50. The number of ether oxygens (including phenoxy) is 1. The largest absolute Gasteiger partial charge is 0.458 e. The van der Waals surface area contributed by atoms with Gasteiger partial charge >= 0.3 is 5.97 Å². The van der Waals surface area contributed by atoms with Gasteiger partial charge in [0, 0.05) is 19.3 Å². The van der Waals surface area contributed by atoms with Gasteiger partial charge in [0.2, 0.25) is 0 Å². The minimum absolute atomic E-state index is 0.0395. The lowest BCUT2D eigenvalue weighted by Crippen LogP contribution is -2.50. The zero-order chi connectivity index (χ0) is 12.3. The molecule has 4 nitrogen and oxygen atoms in total. The van der Waals surface area contributed by atoms with Crippen LogP contribution in [0, 0.1) is 17.3 Å². The third-order valence-corrected chi connectivity index (χ3v) is 3.66. The highest BCUT2D eigenvalue weighted by atomic mass is 16.5. The molecule has 0 aromatic carbocycles. The van der Waals surface area contributed by atoms with Crippen LogP contribution in [0.25, 0.3) is 0 Å². The fourth-order valence-electron chi connectivity index (χ4n) is 2.35. The third kappa shape index (κ3) is 2.49. The number of aldehydes is 1. The Bertz CT molecular complexity index is 306. The van der Waals surface area contributed by atoms with Crippen LogP contribution in [0.2, 0.25) is 0 Å². The van der Waals surface area contributed by atoms with Gasteiger partial charge in [-0.15, -0.1) is 0 Å². The van der Waals surface area contributed by atoms with Gasteiger partial charge in [0.15, 0.2) is 5.78 Å². The lowest BCUT2D eigenvalue weighted by molar-refractivity contribution is -0.153. The van der Waals surface area contributed by atoms with Crippen LogP contribution in [0.1, 0.15) is 33.6 Å². The highest BCUT2D eigenvalue weighted by Crippen LogP contribution is 2.52. The van der Waals surface area contributed by atoms with E-state index in [1.165, 1.54) is 6.92 Å². The minimum atomic E-state index is -0.435. The van der Waals surface area contributed by atoms with Crippen molar-refractivity contribution >= 4 is 18.0 Å². The summed E-state index contributed by atoms with van der Waals surface area (Å²) in [6.07, 6.45) is 2.13. The van der Waals surface area contributed by atoms with Crippen molar-refractivity contribution in [3.8, 4) is 0 Å². The first-order chi connectivity index (χ1) is 7.39. The van der Waals surface area contributed by atoms with Crippen molar-refractivity contribution in [3.63, 3.8) is 0 Å². The molecule has 0 spiro atoms. The maximum absolute atomic E-state index is 11.7. The third-order valence-electron chi connectivity index (χ3n) is 3.66. The Balaban J connectivity index is 2.48. The van der Waals surface area contributed by atoms with Crippen LogP contribution in [0.5, 0.6) is 0 Å². The molecule has 0 unspecified atom stereocenters. The average Bonchev–Trinajstić information content (AvgIpc) is 2.20. The number of carbonyl (C=O) groups excluding carboxylic acids is 3. The summed E-state index contributed by atoms with van der Waals surface area (Å²) in [5.41, 5.74) is -0.155. The topological polar surface area (TPSA) is 60.4 Å². The van der Waals surface area contributed by atoms with Crippen LogP contribution >= 0.6 is 0 Å². The summed E-state index contributed by atoms with van der Waals surface area (Å²) >= 11 is 0. The van der Waals surface area contributed by atoms with E-state index >= 15 is 0 Å². The van der Waals surface area contributed by atoms with E-state index < -0.39 is 5.97 Å². The lowest BCUT2D eigenvalue weighted by Gasteiger charge is -2.50. The number of esters is 1. The summed E-state index contributed by atoms with van der Waals surface area (Å²) in [6.45, 7) is 5.12. The Kier molecular flexibility index (Phi) is 3.83. The molecule has 0 bridgehead atoms. The molecule has 0 saturated heterocycles. The van der Waals surface area contributed by atoms with Crippen molar-refractivity contribution < 1.29 is 19.1 Å². The molecule has 1 fully saturated rings. The molecule has 1 saturated carbocycles. The fourth-order valence-corrected chi connectivity index (χ4v) is 2.35. The normalized spacial score (nSPS) is 26.7. The quantitative estimate of drug-likeness (QED) is 0.524. The van der Waals surface area contributed by atoms with Gasteiger partial charge in [-0.1, -0.05) is 13.8 Å². The monoisotopic (exact) mass is 226 g/mol. The van der Waals surface area contributed by atoms with Gasteiger partial charge < -0.3 is 9.53 Å². The average molecular weight is 226 g/mol. The van der Waals surface area contributed by atoms with Gasteiger partial charge in [-0.25, -0.2) is 0 Å². The Labute approximate surface area is 95.3 Å². The smallest absolute Gasteiger partial charge is 0.303 e. The maximum atomic E-state index is 11.7. The van der Waals surface area contributed by atoms with E-state index in [4.69, 9.17) is 4.74 Å². The standard InChI is InChI=1S/C12H18O4/c1-8(14)16-7-11(15)10-6-9(4-5-13)12(10,2)3/h5,9-10H,4,6-7H2,1-3H3/t9-,10-/m0/s1. The predicted octanol–water partition coefficient (Wildman–Crippen LogP) is 1.37. The predicted molar refractivity (Wildman–Crippen MR) is 57.7 cm³/mol. The summed E-state index contributed by atoms with van der Waals surface area (Å²) < 4.78 is 4.69. The van der Waals surface area contributed by atoms with Crippen molar-refractivity contribution in [2.24, 2.45) is 17.3 Å². The van der Waals surface area contributed by atoms with Gasteiger partial charge in [-0.3, -0.25) is 9.59 Å². The molecule has 0 N–H and O–H groups in total. The van der Waals surface area contributed by atoms with Gasteiger partial charge in [-0.2, -0.15) is 0 Å². The zero-order valence-corrected chi connectivity index (χ0v) is 9.99. The molecule has 1 rings (SSSR count). The highest BCUT2D eigenvalue weighted by molar-refractivity contribution is 5.85. The molecule has 0 heterocycles. The van der Waals surface area contributed by atoms with Crippen molar-refractivity contribution in [1.29, 1.82) is 0 Å². The second kappa shape index (κ2) is 4.76. The first-order valence-electron chi connectivity index (χ1n) is 5.49. The Morgan fingerprint density at radius 3 is 2.50 bits per heavy atom. The molecule has 4 heteroatoms. The number of rotatable bonds is 5. The second-order valence-corrected chi connectivity index (χ2v) is 4.96. The first kappa shape index (κ1) is 12.9. The molecule has 0 radical (unpaired) electrons. The summed E-state index contributed by atoms with van der Waals surface area (Å²) in [5.74, 6) is -0.287. The molecule has 16 heavy (non-hydrogen) atoms. The maximum Gasteiger partial charge on any atom is 0.303 e. The van der Waals surface area contributed by atoms with E-state index in [0.29, 0.717) is 6.42 Å². The van der Waals surface area contributed by atoms with Crippen LogP contribution < -0.4 is 0 Å². The van der Waals surface area contributed by atoms with Crippen molar-refractivity contribution in [3.05, 3.63) is 0 Å². The van der Waals surface area contributed by atoms with Crippen LogP contribution in [-0.2, 0) is 19.1 Å². The molecule has 0 aromatic rings.